The number of methoxy groups -OCH3 is 1. The first-order valence-electron chi connectivity index (χ1n) is 5.74. The van der Waals surface area contributed by atoms with E-state index >= 15 is 0 Å². The molecular weight excluding hydrogens is 362 g/mol. The second kappa shape index (κ2) is 6.69. The predicted octanol–water partition coefficient (Wildman–Crippen LogP) is 3.45. The Hall–Kier alpha value is -1.92. The van der Waals surface area contributed by atoms with Crippen LogP contribution in [0.1, 0.15) is 20.8 Å². The third-order valence-corrected chi connectivity index (χ3v) is 3.10. The quantitative estimate of drug-likeness (QED) is 0.468. The van der Waals surface area contributed by atoms with Crippen LogP contribution in [0.3, 0.4) is 0 Å². The van der Waals surface area contributed by atoms with Gasteiger partial charge in [-0.25, -0.2) is 9.78 Å². The Labute approximate surface area is 134 Å². The summed E-state index contributed by atoms with van der Waals surface area (Å²) in [5.74, 6) is -0.586. The van der Waals surface area contributed by atoms with Crippen molar-refractivity contribution in [2.24, 2.45) is 0 Å². The van der Waals surface area contributed by atoms with E-state index in [2.05, 4.69) is 20.9 Å². The highest BCUT2D eigenvalue weighted by Crippen LogP contribution is 2.34. The molecule has 0 N–H and O–H groups in total. The van der Waals surface area contributed by atoms with Gasteiger partial charge in [0, 0.05) is 6.07 Å². The molecule has 0 spiro atoms. The van der Waals surface area contributed by atoms with Gasteiger partial charge in [-0.05, 0) is 39.7 Å². The molecule has 0 atom stereocenters. The standard InChI is InChI=1S/C14H9BrClNO4/c1-20-9-7-10(15)17-11(13(16)18)12(9)21-14(19)8-5-3-2-4-6-8/h2-7H,1H3. The molecule has 0 bridgehead atoms. The lowest BCUT2D eigenvalue weighted by molar-refractivity contribution is 0.0727. The Bertz CT molecular complexity index is 691. The zero-order valence-electron chi connectivity index (χ0n) is 10.8. The van der Waals surface area contributed by atoms with Crippen molar-refractivity contribution in [1.82, 2.24) is 4.98 Å². The van der Waals surface area contributed by atoms with Gasteiger partial charge in [0.05, 0.1) is 12.7 Å². The normalized spacial score (nSPS) is 10.0. The monoisotopic (exact) mass is 369 g/mol. The van der Waals surface area contributed by atoms with Gasteiger partial charge in [0.2, 0.25) is 5.75 Å². The fourth-order valence-corrected chi connectivity index (χ4v) is 2.10. The van der Waals surface area contributed by atoms with Crippen LogP contribution in [0, 0.1) is 0 Å². The topological polar surface area (TPSA) is 65.5 Å². The lowest BCUT2D eigenvalue weighted by Crippen LogP contribution is -2.12. The van der Waals surface area contributed by atoms with Crippen LogP contribution in [0.2, 0.25) is 0 Å². The minimum atomic E-state index is -0.856. The van der Waals surface area contributed by atoms with Gasteiger partial charge in [0.1, 0.15) is 4.60 Å². The number of pyridine rings is 1. The molecule has 108 valence electrons. The van der Waals surface area contributed by atoms with Crippen LogP contribution in [0.25, 0.3) is 0 Å². The summed E-state index contributed by atoms with van der Waals surface area (Å²) in [5, 5.41) is -0.856. The van der Waals surface area contributed by atoms with Gasteiger partial charge in [-0.3, -0.25) is 4.79 Å². The molecule has 1 heterocycles. The van der Waals surface area contributed by atoms with Crippen molar-refractivity contribution in [3.63, 3.8) is 0 Å². The lowest BCUT2D eigenvalue weighted by Gasteiger charge is -2.11. The molecule has 2 aromatic rings. The third-order valence-electron chi connectivity index (χ3n) is 2.52. The van der Waals surface area contributed by atoms with Crippen molar-refractivity contribution in [2.75, 3.05) is 7.11 Å². The maximum absolute atomic E-state index is 12.1. The second-order valence-electron chi connectivity index (χ2n) is 3.85. The number of benzene rings is 1. The van der Waals surface area contributed by atoms with Gasteiger partial charge in [-0.2, -0.15) is 0 Å². The first-order valence-corrected chi connectivity index (χ1v) is 6.91. The van der Waals surface area contributed by atoms with Crippen LogP contribution in [-0.2, 0) is 0 Å². The molecule has 0 saturated carbocycles. The summed E-state index contributed by atoms with van der Waals surface area (Å²) in [7, 11) is 1.38. The molecule has 2 rings (SSSR count). The number of hydrogen-bond acceptors (Lipinski definition) is 5. The molecule has 1 aromatic heterocycles. The molecule has 21 heavy (non-hydrogen) atoms. The number of nitrogens with zero attached hydrogens (tertiary/aromatic N) is 1. The summed E-state index contributed by atoms with van der Waals surface area (Å²) in [6, 6.07) is 9.80. The fraction of sp³-hybridized carbons (Fsp3) is 0.0714. The van der Waals surface area contributed by atoms with E-state index in [1.54, 1.807) is 30.3 Å². The molecule has 7 heteroatoms. The molecule has 0 fully saturated rings. The van der Waals surface area contributed by atoms with Crippen molar-refractivity contribution < 1.29 is 19.1 Å². The van der Waals surface area contributed by atoms with E-state index in [0.717, 1.165) is 0 Å². The minimum Gasteiger partial charge on any atom is -0.493 e. The van der Waals surface area contributed by atoms with Gasteiger partial charge in [0.15, 0.2) is 11.4 Å². The van der Waals surface area contributed by atoms with Gasteiger partial charge < -0.3 is 9.47 Å². The summed E-state index contributed by atoms with van der Waals surface area (Å²) in [5.41, 5.74) is 0.127. The summed E-state index contributed by atoms with van der Waals surface area (Å²) in [4.78, 5) is 27.4. The smallest absolute Gasteiger partial charge is 0.343 e. The summed E-state index contributed by atoms with van der Waals surface area (Å²) in [6.45, 7) is 0. The summed E-state index contributed by atoms with van der Waals surface area (Å²) < 4.78 is 10.6. The molecule has 0 aliphatic rings. The van der Waals surface area contributed by atoms with E-state index in [9.17, 15) is 9.59 Å². The van der Waals surface area contributed by atoms with Crippen LogP contribution in [0.5, 0.6) is 11.5 Å². The van der Waals surface area contributed by atoms with Gasteiger partial charge in [-0.15, -0.1) is 0 Å². The van der Waals surface area contributed by atoms with E-state index < -0.39 is 11.2 Å². The Balaban J connectivity index is 2.43. The van der Waals surface area contributed by atoms with Gasteiger partial charge in [0.25, 0.3) is 5.24 Å². The van der Waals surface area contributed by atoms with E-state index in [1.165, 1.54) is 13.2 Å². The van der Waals surface area contributed by atoms with Crippen molar-refractivity contribution >= 4 is 38.7 Å². The van der Waals surface area contributed by atoms with Gasteiger partial charge >= 0.3 is 5.97 Å². The van der Waals surface area contributed by atoms with E-state index in [4.69, 9.17) is 21.1 Å². The minimum absolute atomic E-state index is 0.116. The van der Waals surface area contributed by atoms with Crippen molar-refractivity contribution in [3.8, 4) is 11.5 Å². The Morgan fingerprint density at radius 2 is 1.90 bits per heavy atom. The molecule has 0 amide bonds. The van der Waals surface area contributed by atoms with Crippen LogP contribution >= 0.6 is 27.5 Å². The Kier molecular flexibility index (Phi) is 4.93. The van der Waals surface area contributed by atoms with Gasteiger partial charge in [-0.1, -0.05) is 18.2 Å². The number of rotatable bonds is 4. The first kappa shape index (κ1) is 15.5. The number of carbonyl (C=O) groups excluding carboxylic acids is 2. The molecule has 0 aliphatic heterocycles. The zero-order chi connectivity index (χ0) is 15.4. The largest absolute Gasteiger partial charge is 0.493 e. The predicted molar refractivity (Wildman–Crippen MR) is 80.1 cm³/mol. The van der Waals surface area contributed by atoms with E-state index in [-0.39, 0.29) is 17.2 Å². The molecule has 0 saturated heterocycles. The maximum atomic E-state index is 12.1. The molecule has 0 radical (unpaired) electrons. The average Bonchev–Trinajstić information content (AvgIpc) is 2.49. The summed E-state index contributed by atoms with van der Waals surface area (Å²) >= 11 is 8.59. The Morgan fingerprint density at radius 3 is 2.48 bits per heavy atom. The fourth-order valence-electron chi connectivity index (χ4n) is 1.59. The molecular formula is C14H9BrClNO4. The van der Waals surface area contributed by atoms with Crippen molar-refractivity contribution in [2.45, 2.75) is 0 Å². The summed E-state index contributed by atoms with van der Waals surface area (Å²) in [6.07, 6.45) is 0. The number of halogens is 2. The molecule has 1 aromatic carbocycles. The van der Waals surface area contributed by atoms with Crippen LogP contribution in [-0.4, -0.2) is 23.3 Å². The highest BCUT2D eigenvalue weighted by Gasteiger charge is 2.22. The zero-order valence-corrected chi connectivity index (χ0v) is 13.1. The number of esters is 1. The third kappa shape index (κ3) is 3.59. The van der Waals surface area contributed by atoms with Crippen LogP contribution in [0.4, 0.5) is 0 Å². The van der Waals surface area contributed by atoms with Crippen LogP contribution < -0.4 is 9.47 Å². The Morgan fingerprint density at radius 1 is 1.24 bits per heavy atom. The average molecular weight is 371 g/mol. The molecule has 0 aliphatic carbocycles. The number of hydrogen-bond donors (Lipinski definition) is 0. The lowest BCUT2D eigenvalue weighted by atomic mass is 10.2. The second-order valence-corrected chi connectivity index (χ2v) is 5.01. The highest BCUT2D eigenvalue weighted by atomic mass is 79.9. The van der Waals surface area contributed by atoms with Crippen molar-refractivity contribution in [1.29, 1.82) is 0 Å². The van der Waals surface area contributed by atoms with E-state index in [0.29, 0.717) is 10.2 Å². The highest BCUT2D eigenvalue weighted by molar-refractivity contribution is 9.10. The SMILES string of the molecule is COc1cc(Br)nc(C(=O)Cl)c1OC(=O)c1ccccc1. The number of ether oxygens (including phenoxy) is 2. The first-order chi connectivity index (χ1) is 10.0. The van der Waals surface area contributed by atoms with Crippen LogP contribution in [0.15, 0.2) is 41.0 Å². The number of aromatic nitrogens is 1. The van der Waals surface area contributed by atoms with Crippen molar-refractivity contribution in [3.05, 3.63) is 52.3 Å². The molecule has 5 nitrogen and oxygen atoms in total. The maximum Gasteiger partial charge on any atom is 0.343 e. The number of carbonyl (C=O) groups is 2. The molecule has 0 unspecified atom stereocenters. The van der Waals surface area contributed by atoms with E-state index in [1.807, 2.05) is 0 Å².